The van der Waals surface area contributed by atoms with Gasteiger partial charge in [0.05, 0.1) is 30.5 Å². The van der Waals surface area contributed by atoms with E-state index in [-0.39, 0.29) is 11.6 Å². The standard InChI is InChI=1S/C17H20N4O4/c1-11(2)17-19-10-13(20-17)9-18-14-6-4-12(5-7-16(22)25-3)8-15(14)21(23)24/h4-8,10-11,18H,9H2,1-3H3,(H,19,20)/b7-5+. The van der Waals surface area contributed by atoms with Crippen LogP contribution in [0.4, 0.5) is 11.4 Å². The molecule has 0 radical (unpaired) electrons. The predicted molar refractivity (Wildman–Crippen MR) is 94.1 cm³/mol. The third-order valence-corrected chi connectivity index (χ3v) is 3.50. The van der Waals surface area contributed by atoms with Crippen molar-refractivity contribution in [1.29, 1.82) is 0 Å². The van der Waals surface area contributed by atoms with E-state index in [0.29, 0.717) is 17.8 Å². The van der Waals surface area contributed by atoms with E-state index in [1.807, 2.05) is 13.8 Å². The number of nitrogens with one attached hydrogen (secondary N) is 2. The summed E-state index contributed by atoms with van der Waals surface area (Å²) in [6, 6.07) is 4.68. The second-order valence-corrected chi connectivity index (χ2v) is 5.69. The minimum Gasteiger partial charge on any atom is -0.466 e. The van der Waals surface area contributed by atoms with E-state index in [0.717, 1.165) is 11.5 Å². The van der Waals surface area contributed by atoms with E-state index in [2.05, 4.69) is 20.0 Å². The molecule has 8 heteroatoms. The van der Waals surface area contributed by atoms with Gasteiger partial charge in [0.1, 0.15) is 11.5 Å². The number of methoxy groups -OCH3 is 1. The molecule has 8 nitrogen and oxygen atoms in total. The molecule has 25 heavy (non-hydrogen) atoms. The van der Waals surface area contributed by atoms with Crippen LogP contribution in [0.3, 0.4) is 0 Å². The van der Waals surface area contributed by atoms with Crippen molar-refractivity contribution in [2.75, 3.05) is 12.4 Å². The van der Waals surface area contributed by atoms with Gasteiger partial charge in [0.2, 0.25) is 0 Å². The van der Waals surface area contributed by atoms with Gasteiger partial charge in [-0.2, -0.15) is 0 Å². The topological polar surface area (TPSA) is 110 Å². The van der Waals surface area contributed by atoms with E-state index >= 15 is 0 Å². The molecule has 0 aliphatic heterocycles. The number of H-pyrrole nitrogens is 1. The van der Waals surface area contributed by atoms with Crippen molar-refractivity contribution < 1.29 is 14.5 Å². The Morgan fingerprint density at radius 1 is 1.48 bits per heavy atom. The van der Waals surface area contributed by atoms with Crippen LogP contribution < -0.4 is 5.32 Å². The summed E-state index contributed by atoms with van der Waals surface area (Å²) in [6.07, 6.45) is 4.39. The van der Waals surface area contributed by atoms with Crippen LogP contribution in [0.2, 0.25) is 0 Å². The van der Waals surface area contributed by atoms with Gasteiger partial charge in [-0.3, -0.25) is 10.1 Å². The summed E-state index contributed by atoms with van der Waals surface area (Å²) in [5.41, 5.74) is 1.69. The Morgan fingerprint density at radius 3 is 2.84 bits per heavy atom. The molecule has 0 saturated carbocycles. The molecule has 0 unspecified atom stereocenters. The highest BCUT2D eigenvalue weighted by molar-refractivity contribution is 5.87. The van der Waals surface area contributed by atoms with Crippen LogP contribution in [0, 0.1) is 10.1 Å². The summed E-state index contributed by atoms with van der Waals surface area (Å²) in [4.78, 5) is 29.4. The average molecular weight is 344 g/mol. The van der Waals surface area contributed by atoms with Crippen LogP contribution in [0.5, 0.6) is 0 Å². The Morgan fingerprint density at radius 2 is 2.24 bits per heavy atom. The van der Waals surface area contributed by atoms with E-state index in [1.54, 1.807) is 18.3 Å². The highest BCUT2D eigenvalue weighted by Crippen LogP contribution is 2.26. The van der Waals surface area contributed by atoms with Gasteiger partial charge in [0, 0.05) is 18.1 Å². The van der Waals surface area contributed by atoms with Crippen LogP contribution in [-0.4, -0.2) is 28.0 Å². The van der Waals surface area contributed by atoms with Gasteiger partial charge in [-0.15, -0.1) is 0 Å². The van der Waals surface area contributed by atoms with Gasteiger partial charge in [0.25, 0.3) is 5.69 Å². The van der Waals surface area contributed by atoms with Crippen LogP contribution in [0.1, 0.15) is 36.8 Å². The molecule has 1 aromatic carbocycles. The molecule has 0 atom stereocenters. The fraction of sp³-hybridized carbons (Fsp3) is 0.294. The number of esters is 1. The number of imidazole rings is 1. The normalized spacial score (nSPS) is 11.0. The number of nitro groups is 1. The summed E-state index contributed by atoms with van der Waals surface area (Å²) < 4.78 is 4.50. The van der Waals surface area contributed by atoms with Crippen molar-refractivity contribution in [3.63, 3.8) is 0 Å². The monoisotopic (exact) mass is 344 g/mol. The Kier molecular flexibility index (Phi) is 5.89. The Bertz CT molecular complexity index is 796. The quantitative estimate of drug-likeness (QED) is 0.345. The van der Waals surface area contributed by atoms with Crippen LogP contribution >= 0.6 is 0 Å². The second kappa shape index (κ2) is 8.09. The first kappa shape index (κ1) is 18.2. The maximum Gasteiger partial charge on any atom is 0.330 e. The second-order valence-electron chi connectivity index (χ2n) is 5.69. The predicted octanol–water partition coefficient (Wildman–Crippen LogP) is 3.24. The number of nitrogens with zero attached hydrogens (tertiary/aromatic N) is 2. The molecule has 1 heterocycles. The van der Waals surface area contributed by atoms with E-state index in [9.17, 15) is 14.9 Å². The Hall–Kier alpha value is -3.16. The number of aromatic nitrogens is 2. The fourth-order valence-corrected chi connectivity index (χ4v) is 2.14. The maximum absolute atomic E-state index is 11.3. The fourth-order valence-electron chi connectivity index (χ4n) is 2.14. The van der Waals surface area contributed by atoms with Crippen molar-refractivity contribution in [1.82, 2.24) is 9.97 Å². The zero-order valence-corrected chi connectivity index (χ0v) is 14.3. The van der Waals surface area contributed by atoms with Gasteiger partial charge in [-0.05, 0) is 17.7 Å². The molecule has 2 rings (SSSR count). The molecular formula is C17H20N4O4. The molecule has 0 fully saturated rings. The number of rotatable bonds is 7. The SMILES string of the molecule is COC(=O)/C=C/c1ccc(NCc2cnc(C(C)C)[nH]2)c([N+](=O)[O-])c1. The average Bonchev–Trinajstić information content (AvgIpc) is 3.07. The van der Waals surface area contributed by atoms with E-state index in [1.165, 1.54) is 25.3 Å². The third-order valence-electron chi connectivity index (χ3n) is 3.50. The van der Waals surface area contributed by atoms with Crippen molar-refractivity contribution in [2.24, 2.45) is 0 Å². The van der Waals surface area contributed by atoms with Crippen LogP contribution in [-0.2, 0) is 16.1 Å². The first-order chi connectivity index (χ1) is 11.9. The number of carbonyl (C=O) groups is 1. The van der Waals surface area contributed by atoms with Crippen molar-refractivity contribution >= 4 is 23.4 Å². The van der Waals surface area contributed by atoms with Crippen LogP contribution in [0.25, 0.3) is 6.08 Å². The smallest absolute Gasteiger partial charge is 0.330 e. The van der Waals surface area contributed by atoms with Crippen molar-refractivity contribution in [3.8, 4) is 0 Å². The molecule has 0 amide bonds. The summed E-state index contributed by atoms with van der Waals surface area (Å²) in [5.74, 6) is 0.628. The van der Waals surface area contributed by atoms with Crippen molar-refractivity contribution in [2.45, 2.75) is 26.3 Å². The minimum absolute atomic E-state index is 0.0735. The van der Waals surface area contributed by atoms with Crippen LogP contribution in [0.15, 0.2) is 30.5 Å². The highest BCUT2D eigenvalue weighted by Gasteiger charge is 2.14. The highest BCUT2D eigenvalue weighted by atomic mass is 16.6. The maximum atomic E-state index is 11.3. The summed E-state index contributed by atoms with van der Waals surface area (Å²) >= 11 is 0. The lowest BCUT2D eigenvalue weighted by molar-refractivity contribution is -0.384. The first-order valence-electron chi connectivity index (χ1n) is 7.72. The molecule has 2 aromatic rings. The Balaban J connectivity index is 2.15. The largest absolute Gasteiger partial charge is 0.466 e. The summed E-state index contributed by atoms with van der Waals surface area (Å²) in [5, 5.41) is 14.3. The molecular weight excluding hydrogens is 324 g/mol. The number of carbonyl (C=O) groups excluding carboxylic acids is 1. The number of ether oxygens (including phenoxy) is 1. The Labute approximate surface area is 145 Å². The lowest BCUT2D eigenvalue weighted by atomic mass is 10.1. The molecule has 0 aliphatic carbocycles. The lowest BCUT2D eigenvalue weighted by Gasteiger charge is -2.07. The molecule has 2 N–H and O–H groups in total. The molecule has 132 valence electrons. The first-order valence-corrected chi connectivity index (χ1v) is 7.72. The van der Waals surface area contributed by atoms with Gasteiger partial charge >= 0.3 is 5.97 Å². The number of nitro benzene ring substituents is 1. The lowest BCUT2D eigenvalue weighted by Crippen LogP contribution is -2.03. The number of aromatic amines is 1. The van der Waals surface area contributed by atoms with Gasteiger partial charge in [-0.1, -0.05) is 19.9 Å². The zero-order chi connectivity index (χ0) is 18.4. The van der Waals surface area contributed by atoms with E-state index in [4.69, 9.17) is 0 Å². The number of benzene rings is 1. The molecule has 1 aromatic heterocycles. The summed E-state index contributed by atoms with van der Waals surface area (Å²) in [7, 11) is 1.27. The molecule has 0 bridgehead atoms. The number of anilines is 1. The van der Waals surface area contributed by atoms with E-state index < -0.39 is 10.9 Å². The third kappa shape index (κ3) is 4.90. The zero-order valence-electron chi connectivity index (χ0n) is 14.3. The van der Waals surface area contributed by atoms with Gasteiger partial charge in [-0.25, -0.2) is 9.78 Å². The number of hydrogen-bond acceptors (Lipinski definition) is 6. The number of hydrogen-bond donors (Lipinski definition) is 2. The molecule has 0 saturated heterocycles. The van der Waals surface area contributed by atoms with Crippen molar-refractivity contribution in [3.05, 3.63) is 57.7 Å². The van der Waals surface area contributed by atoms with Gasteiger partial charge < -0.3 is 15.0 Å². The summed E-state index contributed by atoms with van der Waals surface area (Å²) in [6.45, 7) is 4.45. The molecule has 0 aliphatic rings. The molecule has 0 spiro atoms. The van der Waals surface area contributed by atoms with Gasteiger partial charge in [0.15, 0.2) is 0 Å². The minimum atomic E-state index is -0.523.